The first-order chi connectivity index (χ1) is 14.6. The number of halogens is 4. The molecule has 0 bridgehead atoms. The number of benzene rings is 1. The van der Waals surface area contributed by atoms with Gasteiger partial charge in [0.2, 0.25) is 5.91 Å². The van der Waals surface area contributed by atoms with Gasteiger partial charge in [0.15, 0.2) is 0 Å². The number of ether oxygens (including phenoxy) is 1. The molecule has 1 saturated heterocycles. The van der Waals surface area contributed by atoms with Crippen molar-refractivity contribution in [2.45, 2.75) is 32.7 Å². The minimum atomic E-state index is -2.93. The number of morpholine rings is 1. The molecule has 11 heteroatoms. The van der Waals surface area contributed by atoms with Crippen molar-refractivity contribution in [1.82, 2.24) is 4.90 Å². The minimum Gasteiger partial charge on any atom is -0.370 e. The van der Waals surface area contributed by atoms with E-state index in [1.165, 1.54) is 21.9 Å². The van der Waals surface area contributed by atoms with Gasteiger partial charge in [0.1, 0.15) is 12.6 Å². The first-order valence-electron chi connectivity index (χ1n) is 9.97. The van der Waals surface area contributed by atoms with Crippen LogP contribution in [0.5, 0.6) is 0 Å². The van der Waals surface area contributed by atoms with Gasteiger partial charge in [0.25, 0.3) is 18.8 Å². The van der Waals surface area contributed by atoms with Crippen molar-refractivity contribution in [1.29, 1.82) is 0 Å². The molecule has 0 unspecified atom stereocenters. The Bertz CT molecular complexity index is 754. The molecule has 1 aromatic carbocycles. The number of alkyl halides is 4. The van der Waals surface area contributed by atoms with Crippen molar-refractivity contribution in [3.8, 4) is 0 Å². The largest absolute Gasteiger partial charge is 0.370 e. The number of nitrogens with zero attached hydrogens (tertiary/aromatic N) is 2. The van der Waals surface area contributed by atoms with Gasteiger partial charge in [-0.3, -0.25) is 14.5 Å². The zero-order chi connectivity index (χ0) is 23.1. The molecule has 1 aliphatic rings. The third kappa shape index (κ3) is 6.88. The van der Waals surface area contributed by atoms with Crippen molar-refractivity contribution in [3.05, 3.63) is 23.8 Å². The summed E-state index contributed by atoms with van der Waals surface area (Å²) in [5.41, 5.74) is 5.28. The maximum Gasteiger partial charge on any atom is 0.265 e. The summed E-state index contributed by atoms with van der Waals surface area (Å²) in [6.45, 7) is 3.26. The van der Waals surface area contributed by atoms with Crippen LogP contribution >= 0.6 is 0 Å². The predicted molar refractivity (Wildman–Crippen MR) is 108 cm³/mol. The molecule has 1 heterocycles. The van der Waals surface area contributed by atoms with E-state index in [2.05, 4.69) is 5.32 Å². The second-order valence-electron chi connectivity index (χ2n) is 7.65. The van der Waals surface area contributed by atoms with E-state index in [4.69, 9.17) is 10.5 Å². The van der Waals surface area contributed by atoms with Crippen LogP contribution in [0.25, 0.3) is 0 Å². The SMILES string of the molecule is CC(C)CN(CC(F)F)[C@@H](CN)C(=O)Nc1ccc(N2CCOCC2=O)cc1C(F)F. The third-order valence-electron chi connectivity index (χ3n) is 4.76. The maximum atomic E-state index is 13.7. The molecule has 174 valence electrons. The molecule has 0 aliphatic carbocycles. The van der Waals surface area contributed by atoms with Crippen LogP contribution in [0.2, 0.25) is 0 Å². The number of amides is 2. The monoisotopic (exact) mass is 448 g/mol. The summed E-state index contributed by atoms with van der Waals surface area (Å²) in [6, 6.07) is 2.73. The highest BCUT2D eigenvalue weighted by atomic mass is 19.3. The van der Waals surface area contributed by atoms with E-state index in [9.17, 15) is 27.2 Å². The molecule has 0 spiro atoms. The van der Waals surface area contributed by atoms with Gasteiger partial charge in [0, 0.05) is 36.6 Å². The van der Waals surface area contributed by atoms with Gasteiger partial charge in [-0.15, -0.1) is 0 Å². The molecule has 0 aromatic heterocycles. The lowest BCUT2D eigenvalue weighted by Crippen LogP contribution is -2.51. The molecule has 1 aliphatic heterocycles. The first kappa shape index (κ1) is 25.0. The number of carbonyl (C=O) groups is 2. The van der Waals surface area contributed by atoms with Crippen molar-refractivity contribution in [3.63, 3.8) is 0 Å². The van der Waals surface area contributed by atoms with Gasteiger partial charge >= 0.3 is 0 Å². The smallest absolute Gasteiger partial charge is 0.265 e. The van der Waals surface area contributed by atoms with Crippen molar-refractivity contribution >= 4 is 23.2 Å². The lowest BCUT2D eigenvalue weighted by molar-refractivity contribution is -0.125. The molecule has 31 heavy (non-hydrogen) atoms. The van der Waals surface area contributed by atoms with E-state index in [0.29, 0.717) is 0 Å². The van der Waals surface area contributed by atoms with Gasteiger partial charge in [-0.05, 0) is 24.1 Å². The molecule has 3 N–H and O–H groups in total. The third-order valence-corrected chi connectivity index (χ3v) is 4.76. The predicted octanol–water partition coefficient (Wildman–Crippen LogP) is 2.48. The van der Waals surface area contributed by atoms with Gasteiger partial charge < -0.3 is 20.7 Å². The Morgan fingerprint density at radius 1 is 1.26 bits per heavy atom. The van der Waals surface area contributed by atoms with E-state index in [1.54, 1.807) is 0 Å². The molecular weight excluding hydrogens is 420 g/mol. The fraction of sp³-hybridized carbons (Fsp3) is 0.600. The summed E-state index contributed by atoms with van der Waals surface area (Å²) in [5, 5.41) is 2.40. The molecule has 7 nitrogen and oxygen atoms in total. The van der Waals surface area contributed by atoms with E-state index in [1.807, 2.05) is 13.8 Å². The molecule has 2 amide bonds. The standard InChI is InChI=1S/C20H28F4N4O3/c1-12(2)9-27(10-17(21)22)16(8-25)20(30)26-15-4-3-13(7-14(15)19(23)24)28-5-6-31-11-18(28)29/h3-4,7,12,16-17,19H,5-6,8-11,25H2,1-2H3,(H,26,30)/t16-/m0/s1. The molecule has 0 radical (unpaired) electrons. The number of nitrogens with one attached hydrogen (secondary N) is 1. The lowest BCUT2D eigenvalue weighted by atomic mass is 10.1. The second-order valence-corrected chi connectivity index (χ2v) is 7.65. The van der Waals surface area contributed by atoms with Gasteiger partial charge in [-0.25, -0.2) is 17.6 Å². The first-order valence-corrected chi connectivity index (χ1v) is 9.97. The zero-order valence-electron chi connectivity index (χ0n) is 17.5. The van der Waals surface area contributed by atoms with E-state index >= 15 is 0 Å². The Hall–Kier alpha value is -2.24. The Morgan fingerprint density at radius 3 is 2.52 bits per heavy atom. The van der Waals surface area contributed by atoms with Crippen LogP contribution in [0, 0.1) is 5.92 Å². The summed E-state index contributed by atoms with van der Waals surface area (Å²) in [4.78, 5) is 27.3. The van der Waals surface area contributed by atoms with E-state index in [0.717, 1.165) is 6.07 Å². The van der Waals surface area contributed by atoms with Gasteiger partial charge in [-0.1, -0.05) is 13.8 Å². The van der Waals surface area contributed by atoms with E-state index < -0.39 is 36.9 Å². The van der Waals surface area contributed by atoms with Crippen LogP contribution in [0.1, 0.15) is 25.8 Å². The fourth-order valence-electron chi connectivity index (χ4n) is 3.42. The topological polar surface area (TPSA) is 87.9 Å². The minimum absolute atomic E-state index is 0.0115. The number of carbonyl (C=O) groups excluding carboxylic acids is 2. The maximum absolute atomic E-state index is 13.7. The summed E-state index contributed by atoms with van der Waals surface area (Å²) in [7, 11) is 0. The van der Waals surface area contributed by atoms with Crippen LogP contribution in [-0.4, -0.2) is 68.6 Å². The van der Waals surface area contributed by atoms with Crippen molar-refractivity contribution in [2.24, 2.45) is 11.7 Å². The Balaban J connectivity index is 2.26. The Labute approximate surface area is 178 Å². The van der Waals surface area contributed by atoms with Gasteiger partial charge in [0.05, 0.1) is 13.2 Å². The highest BCUT2D eigenvalue weighted by Gasteiger charge is 2.29. The van der Waals surface area contributed by atoms with Crippen LogP contribution in [-0.2, 0) is 14.3 Å². The molecule has 1 aromatic rings. The number of nitrogens with two attached hydrogens (primary N) is 1. The average Bonchev–Trinajstić information content (AvgIpc) is 2.68. The number of rotatable bonds is 10. The molecule has 1 atom stereocenters. The van der Waals surface area contributed by atoms with Gasteiger partial charge in [-0.2, -0.15) is 0 Å². The molecule has 0 saturated carbocycles. The quantitative estimate of drug-likeness (QED) is 0.537. The Kier molecular flexibility index (Phi) is 9.20. The van der Waals surface area contributed by atoms with E-state index in [-0.39, 0.29) is 56.0 Å². The number of hydrogen-bond acceptors (Lipinski definition) is 5. The van der Waals surface area contributed by atoms with Crippen LogP contribution < -0.4 is 16.0 Å². The fourth-order valence-corrected chi connectivity index (χ4v) is 3.42. The number of hydrogen-bond donors (Lipinski definition) is 2. The van der Waals surface area contributed by atoms with Crippen molar-refractivity contribution < 1.29 is 31.9 Å². The summed E-state index contributed by atoms with van der Waals surface area (Å²) in [6.07, 6.45) is -5.61. The summed E-state index contributed by atoms with van der Waals surface area (Å²) < 4.78 is 58.4. The summed E-state index contributed by atoms with van der Waals surface area (Å²) in [5.74, 6) is -1.12. The lowest BCUT2D eigenvalue weighted by Gasteiger charge is -2.31. The second kappa shape index (κ2) is 11.4. The van der Waals surface area contributed by atoms with Crippen LogP contribution in [0.3, 0.4) is 0 Å². The molecular formula is C20H28F4N4O3. The van der Waals surface area contributed by atoms with Crippen LogP contribution in [0.15, 0.2) is 18.2 Å². The van der Waals surface area contributed by atoms with Crippen molar-refractivity contribution in [2.75, 3.05) is 49.6 Å². The van der Waals surface area contributed by atoms with Crippen LogP contribution in [0.4, 0.5) is 28.9 Å². The average molecular weight is 448 g/mol. The highest BCUT2D eigenvalue weighted by molar-refractivity contribution is 5.97. The summed E-state index contributed by atoms with van der Waals surface area (Å²) >= 11 is 0. The normalized spacial score (nSPS) is 16.0. The highest BCUT2D eigenvalue weighted by Crippen LogP contribution is 2.32. The Morgan fingerprint density at radius 2 is 1.97 bits per heavy atom. The number of anilines is 2. The zero-order valence-corrected chi connectivity index (χ0v) is 17.5. The molecule has 1 fully saturated rings. The molecule has 2 rings (SSSR count).